The van der Waals surface area contributed by atoms with Gasteiger partial charge in [-0.3, -0.25) is 0 Å². The molecule has 1 unspecified atom stereocenters. The summed E-state index contributed by atoms with van der Waals surface area (Å²) in [6.07, 6.45) is 1.97. The Morgan fingerprint density at radius 3 is 2.11 bits per heavy atom. The van der Waals surface area contributed by atoms with E-state index in [-0.39, 0.29) is 6.04 Å². The molecule has 19 heavy (non-hydrogen) atoms. The molecule has 0 saturated carbocycles. The molecule has 3 nitrogen and oxygen atoms in total. The first kappa shape index (κ1) is 15.8. The monoisotopic (exact) mass is 265 g/mol. The highest BCUT2D eigenvalue weighted by molar-refractivity contribution is 5.44. The number of nitrogens with two attached hydrogens (primary N) is 1. The highest BCUT2D eigenvalue weighted by atomic mass is 16.5. The first-order valence-corrected chi connectivity index (χ1v) is 7.25. The second kappa shape index (κ2) is 8.05. The molecule has 1 aromatic rings. The molecule has 1 aromatic carbocycles. The van der Waals surface area contributed by atoms with E-state index in [4.69, 9.17) is 15.2 Å². The van der Waals surface area contributed by atoms with Crippen LogP contribution in [0.1, 0.15) is 52.1 Å². The Bertz CT molecular complexity index is 377. The maximum atomic E-state index is 6.19. The van der Waals surface area contributed by atoms with Crippen LogP contribution in [0.2, 0.25) is 0 Å². The van der Waals surface area contributed by atoms with Crippen LogP contribution in [0.3, 0.4) is 0 Å². The standard InChI is InChI=1S/C16H27NO2/c1-5-9-18-14-8-7-13(16(17)12(3)4)11-15(14)19-10-6-2/h7-8,11-12,16H,5-6,9-10,17H2,1-4H3. The average molecular weight is 265 g/mol. The van der Waals surface area contributed by atoms with Crippen LogP contribution in [0.5, 0.6) is 11.5 Å². The second-order valence-corrected chi connectivity index (χ2v) is 5.17. The Kier molecular flexibility index (Phi) is 6.71. The van der Waals surface area contributed by atoms with E-state index in [0.717, 1.165) is 29.9 Å². The van der Waals surface area contributed by atoms with Gasteiger partial charge in [-0.1, -0.05) is 33.8 Å². The lowest BCUT2D eigenvalue weighted by Gasteiger charge is -2.19. The van der Waals surface area contributed by atoms with Gasteiger partial charge in [0.1, 0.15) is 0 Å². The van der Waals surface area contributed by atoms with Crippen LogP contribution >= 0.6 is 0 Å². The van der Waals surface area contributed by atoms with Crippen molar-refractivity contribution in [1.29, 1.82) is 0 Å². The number of ether oxygens (including phenoxy) is 2. The SMILES string of the molecule is CCCOc1ccc(C(N)C(C)C)cc1OCCC. The van der Waals surface area contributed by atoms with E-state index in [1.165, 1.54) is 0 Å². The van der Waals surface area contributed by atoms with Gasteiger partial charge in [-0.2, -0.15) is 0 Å². The number of benzene rings is 1. The third-order valence-electron chi connectivity index (χ3n) is 2.99. The Morgan fingerprint density at radius 2 is 1.58 bits per heavy atom. The van der Waals surface area contributed by atoms with Gasteiger partial charge in [0.25, 0.3) is 0 Å². The lowest BCUT2D eigenvalue weighted by molar-refractivity contribution is 0.267. The summed E-state index contributed by atoms with van der Waals surface area (Å²) in [5.41, 5.74) is 7.29. The molecule has 0 radical (unpaired) electrons. The van der Waals surface area contributed by atoms with Crippen LogP contribution in [0.15, 0.2) is 18.2 Å². The molecule has 0 fully saturated rings. The summed E-state index contributed by atoms with van der Waals surface area (Å²) in [5, 5.41) is 0. The van der Waals surface area contributed by atoms with Crippen LogP contribution in [-0.4, -0.2) is 13.2 Å². The van der Waals surface area contributed by atoms with E-state index < -0.39 is 0 Å². The van der Waals surface area contributed by atoms with E-state index >= 15 is 0 Å². The van der Waals surface area contributed by atoms with Crippen molar-refractivity contribution >= 4 is 0 Å². The van der Waals surface area contributed by atoms with Crippen molar-refractivity contribution in [2.75, 3.05) is 13.2 Å². The zero-order valence-corrected chi connectivity index (χ0v) is 12.6. The van der Waals surface area contributed by atoms with Crippen LogP contribution in [-0.2, 0) is 0 Å². The van der Waals surface area contributed by atoms with Gasteiger partial charge in [-0.25, -0.2) is 0 Å². The van der Waals surface area contributed by atoms with E-state index in [9.17, 15) is 0 Å². The molecule has 0 aliphatic heterocycles. The normalized spacial score (nSPS) is 12.5. The fourth-order valence-corrected chi connectivity index (χ4v) is 1.77. The molecule has 0 aliphatic carbocycles. The van der Waals surface area contributed by atoms with E-state index in [1.54, 1.807) is 0 Å². The predicted molar refractivity (Wildman–Crippen MR) is 79.8 cm³/mol. The summed E-state index contributed by atoms with van der Waals surface area (Å²) in [5.74, 6) is 2.03. The molecule has 0 spiro atoms. The van der Waals surface area contributed by atoms with Crippen LogP contribution in [0, 0.1) is 5.92 Å². The first-order valence-electron chi connectivity index (χ1n) is 7.25. The molecule has 3 heteroatoms. The van der Waals surface area contributed by atoms with Crippen molar-refractivity contribution in [3.05, 3.63) is 23.8 Å². The molecule has 0 heterocycles. The van der Waals surface area contributed by atoms with Crippen molar-refractivity contribution in [1.82, 2.24) is 0 Å². The van der Waals surface area contributed by atoms with Crippen LogP contribution in [0.25, 0.3) is 0 Å². The van der Waals surface area contributed by atoms with Crippen molar-refractivity contribution in [3.63, 3.8) is 0 Å². The highest BCUT2D eigenvalue weighted by Gasteiger charge is 2.14. The zero-order valence-electron chi connectivity index (χ0n) is 12.6. The molecule has 0 saturated heterocycles. The molecule has 0 aromatic heterocycles. The molecule has 108 valence electrons. The van der Waals surface area contributed by atoms with Gasteiger partial charge in [0.05, 0.1) is 13.2 Å². The van der Waals surface area contributed by atoms with Crippen molar-refractivity contribution in [2.24, 2.45) is 11.7 Å². The van der Waals surface area contributed by atoms with E-state index in [2.05, 4.69) is 27.7 Å². The van der Waals surface area contributed by atoms with Crippen LogP contribution < -0.4 is 15.2 Å². The number of rotatable bonds is 8. The third-order valence-corrected chi connectivity index (χ3v) is 2.99. The quantitative estimate of drug-likeness (QED) is 0.774. The maximum absolute atomic E-state index is 6.19. The van der Waals surface area contributed by atoms with Gasteiger partial charge >= 0.3 is 0 Å². The Hall–Kier alpha value is -1.22. The van der Waals surface area contributed by atoms with Crippen LogP contribution in [0.4, 0.5) is 0 Å². The first-order chi connectivity index (χ1) is 9.10. The minimum Gasteiger partial charge on any atom is -0.490 e. The second-order valence-electron chi connectivity index (χ2n) is 5.17. The Balaban J connectivity index is 2.93. The predicted octanol–water partition coefficient (Wildman–Crippen LogP) is 3.92. The van der Waals surface area contributed by atoms with Gasteiger partial charge in [0.15, 0.2) is 11.5 Å². The number of hydrogen-bond donors (Lipinski definition) is 1. The summed E-state index contributed by atoms with van der Waals surface area (Å²) in [6.45, 7) is 9.84. The largest absolute Gasteiger partial charge is 0.490 e. The summed E-state index contributed by atoms with van der Waals surface area (Å²) < 4.78 is 11.5. The lowest BCUT2D eigenvalue weighted by Crippen LogP contribution is -2.16. The molecule has 1 atom stereocenters. The fraction of sp³-hybridized carbons (Fsp3) is 0.625. The fourth-order valence-electron chi connectivity index (χ4n) is 1.77. The molecular weight excluding hydrogens is 238 g/mol. The van der Waals surface area contributed by atoms with E-state index in [1.807, 2.05) is 18.2 Å². The Morgan fingerprint density at radius 1 is 1.00 bits per heavy atom. The minimum absolute atomic E-state index is 0.0317. The summed E-state index contributed by atoms with van der Waals surface area (Å²) >= 11 is 0. The van der Waals surface area contributed by atoms with Gasteiger partial charge in [-0.15, -0.1) is 0 Å². The topological polar surface area (TPSA) is 44.5 Å². The molecular formula is C16H27NO2. The van der Waals surface area contributed by atoms with Crippen molar-refractivity contribution in [2.45, 2.75) is 46.6 Å². The molecule has 1 rings (SSSR count). The molecule has 0 amide bonds. The van der Waals surface area contributed by atoms with Crippen molar-refractivity contribution < 1.29 is 9.47 Å². The summed E-state index contributed by atoms with van der Waals surface area (Å²) in [6, 6.07) is 6.06. The van der Waals surface area contributed by atoms with Crippen molar-refractivity contribution in [3.8, 4) is 11.5 Å². The van der Waals surface area contributed by atoms with Gasteiger partial charge in [-0.05, 0) is 36.5 Å². The van der Waals surface area contributed by atoms with E-state index in [0.29, 0.717) is 19.1 Å². The Labute approximate surface area is 117 Å². The average Bonchev–Trinajstić information content (AvgIpc) is 2.42. The molecule has 2 N–H and O–H groups in total. The summed E-state index contributed by atoms with van der Waals surface area (Å²) in [7, 11) is 0. The molecule has 0 bridgehead atoms. The van der Waals surface area contributed by atoms with Gasteiger partial charge in [0, 0.05) is 6.04 Å². The minimum atomic E-state index is 0.0317. The lowest BCUT2D eigenvalue weighted by atomic mass is 9.97. The highest BCUT2D eigenvalue weighted by Crippen LogP contribution is 2.32. The third kappa shape index (κ3) is 4.75. The maximum Gasteiger partial charge on any atom is 0.161 e. The van der Waals surface area contributed by atoms with Gasteiger partial charge < -0.3 is 15.2 Å². The molecule has 0 aliphatic rings. The smallest absolute Gasteiger partial charge is 0.161 e. The zero-order chi connectivity index (χ0) is 14.3. The number of hydrogen-bond acceptors (Lipinski definition) is 3. The summed E-state index contributed by atoms with van der Waals surface area (Å²) in [4.78, 5) is 0. The van der Waals surface area contributed by atoms with Gasteiger partial charge in [0.2, 0.25) is 0 Å².